The molecule has 1 aromatic heterocycles. The zero-order valence-corrected chi connectivity index (χ0v) is 16.6. The number of benzene rings is 2. The van der Waals surface area contributed by atoms with Crippen molar-refractivity contribution in [3.63, 3.8) is 0 Å². The molecule has 1 heterocycles. The third-order valence-electron chi connectivity index (χ3n) is 5.44. The Morgan fingerprint density at radius 2 is 1.96 bits per heavy atom. The fourth-order valence-electron chi connectivity index (χ4n) is 3.88. The predicted molar refractivity (Wildman–Crippen MR) is 110 cm³/mol. The van der Waals surface area contributed by atoms with Crippen LogP contribution in [0.2, 0.25) is 5.02 Å². The second-order valence-corrected chi connectivity index (χ2v) is 7.84. The van der Waals surface area contributed by atoms with Crippen LogP contribution in [0.3, 0.4) is 0 Å². The van der Waals surface area contributed by atoms with Crippen LogP contribution in [0.4, 0.5) is 0 Å². The number of amides is 1. The summed E-state index contributed by atoms with van der Waals surface area (Å²) in [6.07, 6.45) is 4.95. The van der Waals surface area contributed by atoms with Gasteiger partial charge in [-0.3, -0.25) is 9.36 Å². The maximum absolute atomic E-state index is 12.4. The molecule has 0 radical (unpaired) electrons. The van der Waals surface area contributed by atoms with Gasteiger partial charge in [0.1, 0.15) is 0 Å². The lowest BCUT2D eigenvalue weighted by Crippen LogP contribution is -2.28. The Kier molecular flexibility index (Phi) is 5.27. The van der Waals surface area contributed by atoms with E-state index in [0.717, 1.165) is 18.4 Å². The highest BCUT2D eigenvalue weighted by Gasteiger charge is 2.15. The molecule has 4 rings (SSSR count). The molecule has 2 aromatic carbocycles. The second-order valence-electron chi connectivity index (χ2n) is 7.41. The first-order valence-corrected chi connectivity index (χ1v) is 10.1. The number of hydrogen-bond donors (Lipinski definition) is 1. The minimum Gasteiger partial charge on any atom is -0.408 e. The molecule has 1 aliphatic rings. The SMILES string of the molecule is C[C@H](NC(=O)CCn1c(=O)oc2cc(Cl)ccc21)c1ccc2c(c1)CCCC2. The number of carbonyl (C=O) groups is 1. The summed E-state index contributed by atoms with van der Waals surface area (Å²) in [7, 11) is 0. The predicted octanol–water partition coefficient (Wildman–Crippen LogP) is 4.39. The molecule has 0 aliphatic heterocycles. The number of hydrogen-bond acceptors (Lipinski definition) is 3. The maximum atomic E-state index is 12.4. The van der Waals surface area contributed by atoms with Crippen LogP contribution < -0.4 is 11.1 Å². The highest BCUT2D eigenvalue weighted by Crippen LogP contribution is 2.25. The van der Waals surface area contributed by atoms with Gasteiger partial charge in [-0.25, -0.2) is 4.79 Å². The fraction of sp³-hybridized carbons (Fsp3) is 0.364. The Labute approximate surface area is 168 Å². The van der Waals surface area contributed by atoms with Gasteiger partial charge < -0.3 is 9.73 Å². The van der Waals surface area contributed by atoms with Crippen LogP contribution in [-0.2, 0) is 24.2 Å². The van der Waals surface area contributed by atoms with Gasteiger partial charge in [-0.1, -0.05) is 29.8 Å². The van der Waals surface area contributed by atoms with Gasteiger partial charge in [0.2, 0.25) is 5.91 Å². The van der Waals surface area contributed by atoms with Crippen molar-refractivity contribution in [3.05, 3.63) is 68.7 Å². The monoisotopic (exact) mass is 398 g/mol. The number of rotatable bonds is 5. The van der Waals surface area contributed by atoms with Crippen LogP contribution in [0.15, 0.2) is 45.6 Å². The first kappa shape index (κ1) is 18.8. The molecule has 1 amide bonds. The number of nitrogens with one attached hydrogen (secondary N) is 1. The lowest BCUT2D eigenvalue weighted by Gasteiger charge is -2.20. The number of carbonyl (C=O) groups excluding carboxylic acids is 1. The summed E-state index contributed by atoms with van der Waals surface area (Å²) in [5, 5.41) is 3.54. The van der Waals surface area contributed by atoms with E-state index in [1.165, 1.54) is 28.5 Å². The summed E-state index contributed by atoms with van der Waals surface area (Å²) in [4.78, 5) is 24.5. The van der Waals surface area contributed by atoms with Crippen LogP contribution in [0.1, 0.15) is 48.9 Å². The van der Waals surface area contributed by atoms with Gasteiger partial charge in [0, 0.05) is 24.1 Å². The molecule has 5 nitrogen and oxygen atoms in total. The van der Waals surface area contributed by atoms with E-state index < -0.39 is 5.76 Å². The Morgan fingerprint density at radius 3 is 2.79 bits per heavy atom. The Hall–Kier alpha value is -2.53. The van der Waals surface area contributed by atoms with E-state index in [0.29, 0.717) is 16.1 Å². The normalized spacial score (nSPS) is 14.6. The Morgan fingerprint density at radius 1 is 1.18 bits per heavy atom. The van der Waals surface area contributed by atoms with Crippen LogP contribution in [0.25, 0.3) is 11.1 Å². The molecule has 146 valence electrons. The van der Waals surface area contributed by atoms with Crippen molar-refractivity contribution < 1.29 is 9.21 Å². The van der Waals surface area contributed by atoms with Crippen molar-refractivity contribution in [3.8, 4) is 0 Å². The van der Waals surface area contributed by atoms with E-state index in [4.69, 9.17) is 16.0 Å². The molecule has 1 N–H and O–H groups in total. The molecular weight excluding hydrogens is 376 g/mol. The van der Waals surface area contributed by atoms with Gasteiger partial charge in [-0.2, -0.15) is 0 Å². The van der Waals surface area contributed by atoms with E-state index in [1.54, 1.807) is 18.2 Å². The van der Waals surface area contributed by atoms with E-state index >= 15 is 0 Å². The zero-order valence-electron chi connectivity index (χ0n) is 15.8. The van der Waals surface area contributed by atoms with Gasteiger partial charge in [0.25, 0.3) is 0 Å². The molecular formula is C22H23ClN2O3. The third-order valence-corrected chi connectivity index (χ3v) is 5.68. The van der Waals surface area contributed by atoms with Crippen LogP contribution >= 0.6 is 11.6 Å². The highest BCUT2D eigenvalue weighted by atomic mass is 35.5. The minimum atomic E-state index is -0.479. The minimum absolute atomic E-state index is 0.0728. The first-order chi connectivity index (χ1) is 13.5. The standard InChI is InChI=1S/C22H23ClN2O3/c1-14(16-7-6-15-4-2-3-5-17(15)12-16)24-21(26)10-11-25-19-9-8-18(23)13-20(19)28-22(25)27/h6-9,12-14H,2-5,10-11H2,1H3,(H,24,26)/t14-/m0/s1. The lowest BCUT2D eigenvalue weighted by atomic mass is 9.89. The Bertz CT molecular complexity index is 1080. The summed E-state index contributed by atoms with van der Waals surface area (Å²) < 4.78 is 6.67. The van der Waals surface area contributed by atoms with E-state index in [1.807, 2.05) is 6.92 Å². The van der Waals surface area contributed by atoms with Gasteiger partial charge in [-0.15, -0.1) is 0 Å². The molecule has 6 heteroatoms. The molecule has 0 spiro atoms. The van der Waals surface area contributed by atoms with Crippen molar-refractivity contribution in [2.75, 3.05) is 0 Å². The molecule has 28 heavy (non-hydrogen) atoms. The summed E-state index contributed by atoms with van der Waals surface area (Å²) in [5.41, 5.74) is 5.03. The van der Waals surface area contributed by atoms with Crippen LogP contribution in [-0.4, -0.2) is 10.5 Å². The van der Waals surface area contributed by atoms with Crippen molar-refractivity contribution >= 4 is 28.6 Å². The second kappa shape index (κ2) is 7.84. The summed E-state index contributed by atoms with van der Waals surface area (Å²) in [6, 6.07) is 11.5. The largest absolute Gasteiger partial charge is 0.419 e. The van der Waals surface area contributed by atoms with Gasteiger partial charge in [0.05, 0.1) is 11.6 Å². The van der Waals surface area contributed by atoms with Crippen LogP contribution in [0.5, 0.6) is 0 Å². The maximum Gasteiger partial charge on any atom is 0.419 e. The molecule has 0 saturated carbocycles. The van der Waals surface area contributed by atoms with Crippen molar-refractivity contribution in [1.82, 2.24) is 9.88 Å². The third kappa shape index (κ3) is 3.85. The van der Waals surface area contributed by atoms with E-state index in [-0.39, 0.29) is 24.9 Å². The molecule has 1 aliphatic carbocycles. The Balaban J connectivity index is 1.41. The topological polar surface area (TPSA) is 64.2 Å². The summed E-state index contributed by atoms with van der Waals surface area (Å²) in [6.45, 7) is 2.25. The highest BCUT2D eigenvalue weighted by molar-refractivity contribution is 6.31. The van der Waals surface area contributed by atoms with Gasteiger partial charge in [0.15, 0.2) is 5.58 Å². The molecule has 0 bridgehead atoms. The molecule has 0 saturated heterocycles. The van der Waals surface area contributed by atoms with E-state index in [2.05, 4.69) is 23.5 Å². The number of aryl methyl sites for hydroxylation is 3. The number of nitrogens with zero attached hydrogens (tertiary/aromatic N) is 1. The molecule has 1 atom stereocenters. The molecule has 3 aromatic rings. The summed E-state index contributed by atoms with van der Waals surface area (Å²) >= 11 is 5.93. The van der Waals surface area contributed by atoms with Crippen molar-refractivity contribution in [2.24, 2.45) is 0 Å². The van der Waals surface area contributed by atoms with Crippen LogP contribution in [0, 0.1) is 0 Å². The number of halogens is 1. The first-order valence-electron chi connectivity index (χ1n) is 9.71. The lowest BCUT2D eigenvalue weighted by molar-refractivity contribution is -0.121. The molecule has 0 unspecified atom stereocenters. The van der Waals surface area contributed by atoms with Crippen molar-refractivity contribution in [1.29, 1.82) is 0 Å². The quantitative estimate of drug-likeness (QED) is 0.693. The fourth-order valence-corrected chi connectivity index (χ4v) is 4.05. The smallest absolute Gasteiger partial charge is 0.408 e. The van der Waals surface area contributed by atoms with Gasteiger partial charge >= 0.3 is 5.76 Å². The number of oxazole rings is 1. The van der Waals surface area contributed by atoms with Crippen molar-refractivity contribution in [2.45, 2.75) is 51.6 Å². The zero-order chi connectivity index (χ0) is 19.7. The number of fused-ring (bicyclic) bond motifs is 2. The number of aromatic nitrogens is 1. The van der Waals surface area contributed by atoms with E-state index in [9.17, 15) is 9.59 Å². The average molecular weight is 399 g/mol. The van der Waals surface area contributed by atoms with Gasteiger partial charge in [-0.05, 0) is 61.4 Å². The average Bonchev–Trinajstić information content (AvgIpc) is 2.99. The molecule has 0 fully saturated rings. The summed E-state index contributed by atoms with van der Waals surface area (Å²) in [5.74, 6) is -0.576.